The lowest BCUT2D eigenvalue weighted by Crippen LogP contribution is -2.07. The number of carbonyl (C=O) groups excluding carboxylic acids is 1. The lowest BCUT2D eigenvalue weighted by atomic mass is 10.4. The van der Waals surface area contributed by atoms with Gasteiger partial charge in [0.15, 0.2) is 22.2 Å². The van der Waals surface area contributed by atoms with Crippen LogP contribution in [0.4, 0.5) is 4.79 Å². The highest BCUT2D eigenvalue weighted by Crippen LogP contribution is 2.29. The quantitative estimate of drug-likeness (QED) is 0.794. The normalized spacial score (nSPS) is 18.4. The molecule has 2 aromatic rings. The van der Waals surface area contributed by atoms with E-state index in [1.54, 1.807) is 12.3 Å². The molecular formula is C11H11N3O4S. The Hall–Kier alpha value is -1.96. The van der Waals surface area contributed by atoms with E-state index in [0.29, 0.717) is 23.3 Å². The maximum Gasteiger partial charge on any atom is 0.509 e. The second kappa shape index (κ2) is 4.96. The largest absolute Gasteiger partial charge is 0.509 e. The summed E-state index contributed by atoms with van der Waals surface area (Å²) in [6.45, 7) is 2.89. The Morgan fingerprint density at radius 2 is 2.42 bits per heavy atom. The van der Waals surface area contributed by atoms with Crippen molar-refractivity contribution in [2.45, 2.75) is 24.1 Å². The summed E-state index contributed by atoms with van der Waals surface area (Å²) < 4.78 is 16.9. The predicted molar refractivity (Wildman–Crippen MR) is 65.5 cm³/mol. The maximum absolute atomic E-state index is 10.9. The molecule has 0 radical (unpaired) electrons. The van der Waals surface area contributed by atoms with Gasteiger partial charge in [-0.15, -0.1) is 10.2 Å². The van der Waals surface area contributed by atoms with E-state index in [1.165, 1.54) is 11.8 Å². The molecule has 1 fully saturated rings. The zero-order valence-corrected chi connectivity index (χ0v) is 10.9. The molecule has 8 heteroatoms. The molecule has 1 aliphatic rings. The molecule has 2 aromatic heterocycles. The number of thioether (sulfide) groups is 1. The van der Waals surface area contributed by atoms with E-state index < -0.39 is 6.16 Å². The van der Waals surface area contributed by atoms with Gasteiger partial charge in [-0.1, -0.05) is 0 Å². The van der Waals surface area contributed by atoms with Crippen LogP contribution in [0.25, 0.3) is 11.6 Å². The lowest BCUT2D eigenvalue weighted by Gasteiger charge is -2.07. The van der Waals surface area contributed by atoms with E-state index in [-0.39, 0.29) is 12.0 Å². The summed E-state index contributed by atoms with van der Waals surface area (Å²) >= 11 is 1.30. The molecule has 3 rings (SSSR count). The van der Waals surface area contributed by atoms with Crippen molar-refractivity contribution in [3.8, 4) is 11.6 Å². The van der Waals surface area contributed by atoms with E-state index in [0.717, 1.165) is 0 Å². The zero-order valence-electron chi connectivity index (χ0n) is 10.1. The van der Waals surface area contributed by atoms with Crippen LogP contribution in [0.1, 0.15) is 6.92 Å². The lowest BCUT2D eigenvalue weighted by molar-refractivity contribution is 0.129. The first-order valence-electron chi connectivity index (χ1n) is 5.75. The number of cyclic esters (lactones) is 2. The average molecular weight is 281 g/mol. The van der Waals surface area contributed by atoms with Gasteiger partial charge in [0.25, 0.3) is 0 Å². The van der Waals surface area contributed by atoms with Crippen LogP contribution in [0.15, 0.2) is 28.0 Å². The van der Waals surface area contributed by atoms with Crippen LogP contribution < -0.4 is 0 Å². The van der Waals surface area contributed by atoms with Gasteiger partial charge in [-0.25, -0.2) is 4.79 Å². The summed E-state index contributed by atoms with van der Waals surface area (Å²) in [4.78, 5) is 10.9. The van der Waals surface area contributed by atoms with E-state index in [2.05, 4.69) is 10.2 Å². The molecule has 1 atom stereocenters. The first-order valence-corrected chi connectivity index (χ1v) is 6.63. The Labute approximate surface area is 112 Å². The smallest absolute Gasteiger partial charge is 0.461 e. The molecule has 0 bridgehead atoms. The molecule has 3 heterocycles. The third-order valence-corrected chi connectivity index (χ3v) is 3.58. The second-order valence-corrected chi connectivity index (χ2v) is 4.88. The number of aromatic nitrogens is 3. The maximum atomic E-state index is 10.9. The van der Waals surface area contributed by atoms with Crippen LogP contribution in [0, 0.1) is 0 Å². The molecule has 0 amide bonds. The number of nitrogens with zero attached hydrogens (tertiary/aromatic N) is 3. The monoisotopic (exact) mass is 281 g/mol. The van der Waals surface area contributed by atoms with Crippen LogP contribution in [0.5, 0.6) is 0 Å². The van der Waals surface area contributed by atoms with E-state index in [4.69, 9.17) is 13.9 Å². The van der Waals surface area contributed by atoms with Gasteiger partial charge in [0.1, 0.15) is 6.61 Å². The third kappa shape index (κ3) is 2.30. The van der Waals surface area contributed by atoms with E-state index >= 15 is 0 Å². The van der Waals surface area contributed by atoms with Crippen LogP contribution in [0.2, 0.25) is 0 Å². The fraction of sp³-hybridized carbons (Fsp3) is 0.364. The predicted octanol–water partition coefficient (Wildman–Crippen LogP) is 2.14. The minimum absolute atomic E-state index is 0.218. The molecule has 0 aliphatic carbocycles. The van der Waals surface area contributed by atoms with Gasteiger partial charge in [-0.05, 0) is 30.8 Å². The Balaban J connectivity index is 1.84. The molecule has 0 saturated carbocycles. The summed E-state index contributed by atoms with van der Waals surface area (Å²) in [6, 6.07) is 3.62. The zero-order chi connectivity index (χ0) is 13.2. The van der Waals surface area contributed by atoms with Gasteiger partial charge in [0.05, 0.1) is 6.26 Å². The molecule has 19 heavy (non-hydrogen) atoms. The molecule has 0 aromatic carbocycles. The Morgan fingerprint density at radius 1 is 1.53 bits per heavy atom. The first-order chi connectivity index (χ1) is 9.28. The van der Waals surface area contributed by atoms with Gasteiger partial charge >= 0.3 is 6.16 Å². The highest BCUT2D eigenvalue weighted by atomic mass is 32.2. The van der Waals surface area contributed by atoms with E-state index in [1.807, 2.05) is 17.6 Å². The minimum atomic E-state index is -0.647. The Morgan fingerprint density at radius 3 is 3.05 bits per heavy atom. The van der Waals surface area contributed by atoms with Crippen molar-refractivity contribution in [2.24, 2.45) is 0 Å². The van der Waals surface area contributed by atoms with Crippen molar-refractivity contribution in [3.63, 3.8) is 0 Å². The van der Waals surface area contributed by atoms with Crippen molar-refractivity contribution in [1.29, 1.82) is 0 Å². The summed E-state index contributed by atoms with van der Waals surface area (Å²) in [7, 11) is 0. The molecule has 0 spiro atoms. The molecule has 0 N–H and O–H groups in total. The van der Waals surface area contributed by atoms with Gasteiger partial charge in [-0.3, -0.25) is 4.57 Å². The third-order valence-electron chi connectivity index (χ3n) is 2.58. The van der Waals surface area contributed by atoms with Crippen molar-refractivity contribution in [1.82, 2.24) is 14.8 Å². The number of ether oxygens (including phenoxy) is 2. The summed E-state index contributed by atoms with van der Waals surface area (Å²) in [5.74, 6) is 1.31. The van der Waals surface area contributed by atoms with E-state index in [9.17, 15) is 4.79 Å². The molecular weight excluding hydrogens is 270 g/mol. The van der Waals surface area contributed by atoms with Crippen LogP contribution in [-0.2, 0) is 16.0 Å². The highest BCUT2D eigenvalue weighted by molar-refractivity contribution is 7.99. The number of rotatable bonds is 4. The molecule has 1 unspecified atom stereocenters. The molecule has 1 saturated heterocycles. The van der Waals surface area contributed by atoms with Crippen LogP contribution in [0.3, 0.4) is 0 Å². The minimum Gasteiger partial charge on any atom is -0.461 e. The molecule has 100 valence electrons. The van der Waals surface area contributed by atoms with Crippen molar-refractivity contribution in [2.75, 3.05) is 6.61 Å². The van der Waals surface area contributed by atoms with Crippen molar-refractivity contribution < 1.29 is 18.7 Å². The number of hydrogen-bond donors (Lipinski definition) is 0. The average Bonchev–Trinajstić information content (AvgIpc) is 3.10. The standard InChI is InChI=1S/C11H11N3O4S/c1-2-14-9(7-4-3-5-16-7)12-13-10(14)19-8-6-17-11(15)18-8/h3-5,8H,2,6H2,1H3. The number of hydrogen-bond acceptors (Lipinski definition) is 7. The van der Waals surface area contributed by atoms with Gasteiger partial charge < -0.3 is 13.9 Å². The van der Waals surface area contributed by atoms with Gasteiger partial charge in [0, 0.05) is 6.54 Å². The van der Waals surface area contributed by atoms with Gasteiger partial charge in [0.2, 0.25) is 0 Å². The first kappa shape index (κ1) is 12.1. The fourth-order valence-electron chi connectivity index (χ4n) is 1.74. The second-order valence-electron chi connectivity index (χ2n) is 3.75. The van der Waals surface area contributed by atoms with Crippen LogP contribution >= 0.6 is 11.8 Å². The summed E-state index contributed by atoms with van der Waals surface area (Å²) in [5, 5.41) is 8.87. The van der Waals surface area contributed by atoms with Crippen LogP contribution in [-0.4, -0.2) is 33.0 Å². The SMILES string of the molecule is CCn1c(SC2COC(=O)O2)nnc1-c1ccco1. The number of furan rings is 1. The number of carbonyl (C=O) groups is 1. The van der Waals surface area contributed by atoms with Crippen molar-refractivity contribution in [3.05, 3.63) is 18.4 Å². The molecule has 1 aliphatic heterocycles. The Bertz CT molecular complexity index is 581. The topological polar surface area (TPSA) is 79.4 Å². The van der Waals surface area contributed by atoms with Crippen molar-refractivity contribution >= 4 is 17.9 Å². The van der Waals surface area contributed by atoms with Gasteiger partial charge in [-0.2, -0.15) is 0 Å². The summed E-state index contributed by atoms with van der Waals surface area (Å²) in [6.07, 6.45) is 0.940. The molecule has 7 nitrogen and oxygen atoms in total. The summed E-state index contributed by atoms with van der Waals surface area (Å²) in [5.41, 5.74) is -0.383. The Kier molecular flexibility index (Phi) is 3.16. The fourth-order valence-corrected chi connectivity index (χ4v) is 2.66. The highest BCUT2D eigenvalue weighted by Gasteiger charge is 2.28.